The summed E-state index contributed by atoms with van der Waals surface area (Å²) in [6, 6.07) is 22.8. The standard InChI is InChI=1S/C28H32ClN3O4S/c1-4-30-28(34)26(18-22-12-7-5-8-13-22)31(19-23-14-9-6-10-15-23)27(33)20-32(37(3,35)36)25-17-11-16-24(29)21(25)2/h5-17,26H,4,18-20H2,1-3H3,(H,30,34)/t26-/m0/s1. The van der Waals surface area contributed by atoms with Gasteiger partial charge in [-0.05, 0) is 42.7 Å². The molecule has 3 aromatic carbocycles. The molecule has 0 fully saturated rings. The first kappa shape index (κ1) is 28.2. The molecule has 37 heavy (non-hydrogen) atoms. The van der Waals surface area contributed by atoms with E-state index in [1.165, 1.54) is 4.90 Å². The second-order valence-corrected chi connectivity index (χ2v) is 11.1. The fraction of sp³-hybridized carbons (Fsp3) is 0.286. The lowest BCUT2D eigenvalue weighted by Gasteiger charge is -2.33. The van der Waals surface area contributed by atoms with Crippen LogP contribution in [0.1, 0.15) is 23.6 Å². The van der Waals surface area contributed by atoms with E-state index in [1.54, 1.807) is 25.1 Å². The van der Waals surface area contributed by atoms with Crippen LogP contribution in [0.25, 0.3) is 0 Å². The van der Waals surface area contributed by atoms with Crippen molar-refractivity contribution in [1.82, 2.24) is 10.2 Å². The van der Waals surface area contributed by atoms with E-state index in [2.05, 4.69) is 5.32 Å². The predicted octanol–water partition coefficient (Wildman–Crippen LogP) is 4.19. The first-order valence-electron chi connectivity index (χ1n) is 12.0. The molecule has 196 valence electrons. The normalized spacial score (nSPS) is 12.0. The Balaban J connectivity index is 2.05. The smallest absolute Gasteiger partial charge is 0.244 e. The number of carbonyl (C=O) groups excluding carboxylic acids is 2. The maximum atomic E-state index is 13.9. The fourth-order valence-electron chi connectivity index (χ4n) is 4.09. The number of nitrogens with one attached hydrogen (secondary N) is 1. The number of halogens is 1. The monoisotopic (exact) mass is 541 g/mol. The zero-order valence-corrected chi connectivity index (χ0v) is 22.8. The molecule has 0 spiro atoms. The van der Waals surface area contributed by atoms with Crippen molar-refractivity contribution in [1.29, 1.82) is 0 Å². The Labute approximate surface area is 224 Å². The molecule has 0 saturated heterocycles. The summed E-state index contributed by atoms with van der Waals surface area (Å²) in [7, 11) is -3.85. The number of hydrogen-bond donors (Lipinski definition) is 1. The lowest BCUT2D eigenvalue weighted by atomic mass is 10.0. The lowest BCUT2D eigenvalue weighted by Crippen LogP contribution is -2.53. The van der Waals surface area contributed by atoms with Crippen LogP contribution in [0, 0.1) is 6.92 Å². The largest absolute Gasteiger partial charge is 0.355 e. The molecule has 0 unspecified atom stereocenters. The van der Waals surface area contributed by atoms with Crippen molar-refractivity contribution < 1.29 is 18.0 Å². The van der Waals surface area contributed by atoms with Crippen LogP contribution in [-0.2, 0) is 32.6 Å². The number of amides is 2. The van der Waals surface area contributed by atoms with Gasteiger partial charge in [0, 0.05) is 24.5 Å². The van der Waals surface area contributed by atoms with Crippen LogP contribution < -0.4 is 9.62 Å². The summed E-state index contributed by atoms with van der Waals surface area (Å²) in [5, 5.41) is 3.23. The van der Waals surface area contributed by atoms with Gasteiger partial charge >= 0.3 is 0 Å². The summed E-state index contributed by atoms with van der Waals surface area (Å²) in [5.74, 6) is -0.804. The van der Waals surface area contributed by atoms with Gasteiger partial charge in [0.15, 0.2) is 0 Å². The summed E-state index contributed by atoms with van der Waals surface area (Å²) in [4.78, 5) is 28.7. The van der Waals surface area contributed by atoms with E-state index in [9.17, 15) is 18.0 Å². The summed E-state index contributed by atoms with van der Waals surface area (Å²) < 4.78 is 26.7. The molecule has 1 N–H and O–H groups in total. The highest BCUT2D eigenvalue weighted by Gasteiger charge is 2.33. The van der Waals surface area contributed by atoms with Crippen LogP contribution in [-0.4, -0.2) is 50.5 Å². The first-order chi connectivity index (χ1) is 17.6. The highest BCUT2D eigenvalue weighted by molar-refractivity contribution is 7.92. The van der Waals surface area contributed by atoms with E-state index < -0.39 is 28.5 Å². The number of likely N-dealkylation sites (N-methyl/N-ethyl adjacent to an activating group) is 1. The van der Waals surface area contributed by atoms with Crippen LogP contribution >= 0.6 is 11.6 Å². The van der Waals surface area contributed by atoms with Crippen molar-refractivity contribution in [2.75, 3.05) is 23.7 Å². The van der Waals surface area contributed by atoms with Gasteiger partial charge in [-0.15, -0.1) is 0 Å². The molecule has 0 aliphatic heterocycles. The Morgan fingerprint density at radius 3 is 2.08 bits per heavy atom. The van der Waals surface area contributed by atoms with Crippen molar-refractivity contribution in [2.24, 2.45) is 0 Å². The predicted molar refractivity (Wildman–Crippen MR) is 148 cm³/mol. The second-order valence-electron chi connectivity index (χ2n) is 8.76. The number of nitrogens with zero attached hydrogens (tertiary/aromatic N) is 2. The molecule has 0 aliphatic rings. The van der Waals surface area contributed by atoms with Gasteiger partial charge in [-0.3, -0.25) is 13.9 Å². The van der Waals surface area contributed by atoms with Crippen molar-refractivity contribution in [3.63, 3.8) is 0 Å². The Bertz CT molecular complexity index is 1320. The average molecular weight is 542 g/mol. The van der Waals surface area contributed by atoms with Crippen molar-refractivity contribution in [3.8, 4) is 0 Å². The number of sulfonamides is 1. The van der Waals surface area contributed by atoms with E-state index in [0.717, 1.165) is 21.7 Å². The molecular formula is C28H32ClN3O4S. The Morgan fingerprint density at radius 2 is 1.51 bits per heavy atom. The van der Waals surface area contributed by atoms with Gasteiger partial charge < -0.3 is 10.2 Å². The van der Waals surface area contributed by atoms with Gasteiger partial charge in [-0.25, -0.2) is 8.42 Å². The third-order valence-electron chi connectivity index (χ3n) is 6.00. The Hall–Kier alpha value is -3.36. The van der Waals surface area contributed by atoms with Gasteiger partial charge in [-0.2, -0.15) is 0 Å². The van der Waals surface area contributed by atoms with E-state index in [0.29, 0.717) is 22.8 Å². The van der Waals surface area contributed by atoms with E-state index >= 15 is 0 Å². The van der Waals surface area contributed by atoms with E-state index in [-0.39, 0.29) is 18.9 Å². The molecule has 0 heterocycles. The van der Waals surface area contributed by atoms with Crippen LogP contribution in [0.4, 0.5) is 5.69 Å². The molecule has 3 aromatic rings. The Kier molecular flexibility index (Phi) is 9.72. The first-order valence-corrected chi connectivity index (χ1v) is 14.2. The highest BCUT2D eigenvalue weighted by Crippen LogP contribution is 2.28. The highest BCUT2D eigenvalue weighted by atomic mass is 35.5. The summed E-state index contributed by atoms with van der Waals surface area (Å²) in [6.07, 6.45) is 1.33. The molecule has 7 nitrogen and oxygen atoms in total. The van der Waals surface area contributed by atoms with Gasteiger partial charge in [0.05, 0.1) is 11.9 Å². The SMILES string of the molecule is CCNC(=O)[C@H](Cc1ccccc1)N(Cc1ccccc1)C(=O)CN(c1cccc(Cl)c1C)S(C)(=O)=O. The molecule has 1 atom stereocenters. The van der Waals surface area contributed by atoms with Crippen LogP contribution in [0.5, 0.6) is 0 Å². The zero-order valence-electron chi connectivity index (χ0n) is 21.2. The Morgan fingerprint density at radius 1 is 0.919 bits per heavy atom. The van der Waals surface area contributed by atoms with Crippen molar-refractivity contribution >= 4 is 39.1 Å². The molecule has 0 bridgehead atoms. The minimum Gasteiger partial charge on any atom is -0.355 e. The maximum Gasteiger partial charge on any atom is 0.244 e. The van der Waals surface area contributed by atoms with Crippen molar-refractivity contribution in [3.05, 3.63) is 101 Å². The lowest BCUT2D eigenvalue weighted by molar-refractivity contribution is -0.140. The summed E-state index contributed by atoms with van der Waals surface area (Å²) in [5.41, 5.74) is 2.57. The number of hydrogen-bond acceptors (Lipinski definition) is 4. The molecular weight excluding hydrogens is 510 g/mol. The van der Waals surface area contributed by atoms with E-state index in [4.69, 9.17) is 11.6 Å². The molecule has 0 aliphatic carbocycles. The summed E-state index contributed by atoms with van der Waals surface area (Å²) >= 11 is 6.26. The van der Waals surface area contributed by atoms with Crippen LogP contribution in [0.15, 0.2) is 78.9 Å². The molecule has 0 radical (unpaired) electrons. The average Bonchev–Trinajstić information content (AvgIpc) is 2.87. The third kappa shape index (κ3) is 7.57. The molecule has 2 amide bonds. The zero-order chi connectivity index (χ0) is 27.0. The molecule has 0 saturated carbocycles. The van der Waals surface area contributed by atoms with Gasteiger partial charge in [0.25, 0.3) is 0 Å². The number of anilines is 1. The molecule has 0 aromatic heterocycles. The molecule has 3 rings (SSSR count). The number of carbonyl (C=O) groups is 2. The summed E-state index contributed by atoms with van der Waals surface area (Å²) in [6.45, 7) is 3.58. The maximum absolute atomic E-state index is 13.9. The van der Waals surface area contributed by atoms with Crippen LogP contribution in [0.3, 0.4) is 0 Å². The van der Waals surface area contributed by atoms with Crippen LogP contribution in [0.2, 0.25) is 5.02 Å². The van der Waals surface area contributed by atoms with Crippen molar-refractivity contribution in [2.45, 2.75) is 32.9 Å². The van der Waals surface area contributed by atoms with Gasteiger partial charge in [-0.1, -0.05) is 78.3 Å². The van der Waals surface area contributed by atoms with E-state index in [1.807, 2.05) is 67.6 Å². The minimum atomic E-state index is -3.85. The number of benzene rings is 3. The minimum absolute atomic E-state index is 0.139. The topological polar surface area (TPSA) is 86.8 Å². The fourth-order valence-corrected chi connectivity index (χ4v) is 5.16. The number of rotatable bonds is 11. The third-order valence-corrected chi connectivity index (χ3v) is 7.54. The molecule has 9 heteroatoms. The second kappa shape index (κ2) is 12.7. The van der Waals surface area contributed by atoms with Gasteiger partial charge in [0.2, 0.25) is 21.8 Å². The van der Waals surface area contributed by atoms with Gasteiger partial charge in [0.1, 0.15) is 12.6 Å². The quantitative estimate of drug-likeness (QED) is 0.394.